The summed E-state index contributed by atoms with van der Waals surface area (Å²) < 4.78 is 274. The van der Waals surface area contributed by atoms with Gasteiger partial charge in [0.25, 0.3) is 0 Å². The highest BCUT2D eigenvalue weighted by Crippen LogP contribution is 2.65. The summed E-state index contributed by atoms with van der Waals surface area (Å²) >= 11 is 0. The molecule has 0 unspecified atom stereocenters. The molecule has 2 nitrogen and oxygen atoms in total. The van der Waals surface area contributed by atoms with E-state index in [4.69, 9.17) is 0 Å². The molecule has 0 amide bonds. The first-order valence-electron chi connectivity index (χ1n) is 13.2. The molecule has 1 aliphatic rings. The Bertz CT molecular complexity index is 1020. The molecule has 274 valence electrons. The quantitative estimate of drug-likeness (QED) is 0.0848. The van der Waals surface area contributed by atoms with Crippen molar-refractivity contribution in [1.29, 1.82) is 0 Å². The molecule has 1 saturated carbocycles. The largest absolute Gasteiger partial charge is 0.459 e. The van der Waals surface area contributed by atoms with Crippen molar-refractivity contribution < 1.29 is 97.3 Å². The van der Waals surface area contributed by atoms with Crippen LogP contribution in [0.25, 0.3) is 0 Å². The highest BCUT2D eigenvalue weighted by atomic mass is 19.4. The van der Waals surface area contributed by atoms with Crippen molar-refractivity contribution in [2.45, 2.75) is 124 Å². The Morgan fingerprint density at radius 3 is 1.35 bits per heavy atom. The number of halogens is 20. The molecule has 0 bridgehead atoms. The third-order valence-corrected chi connectivity index (χ3v) is 7.57. The lowest BCUT2D eigenvalue weighted by Gasteiger charge is -2.44. The SMILES string of the molecule is CCCCCC1CCC(CC(=O)OCC(F)(F)C(F)(F)C(F)(F)C(F)(F)C(F)(F)C(F)(F)C(F)(F)C(F)(F)C(F)(F)C(F)F)CC1. The summed E-state index contributed by atoms with van der Waals surface area (Å²) in [5.41, 5.74) is 0. The van der Waals surface area contributed by atoms with Crippen LogP contribution in [-0.4, -0.2) is 72.3 Å². The lowest BCUT2D eigenvalue weighted by atomic mass is 9.78. The lowest BCUT2D eigenvalue weighted by molar-refractivity contribution is -0.465. The molecule has 46 heavy (non-hydrogen) atoms. The Hall–Kier alpha value is -1.93. The average molecular weight is 726 g/mol. The minimum Gasteiger partial charge on any atom is -0.459 e. The predicted molar refractivity (Wildman–Crippen MR) is 116 cm³/mol. The van der Waals surface area contributed by atoms with Gasteiger partial charge in [0.15, 0.2) is 6.61 Å². The van der Waals surface area contributed by atoms with Gasteiger partial charge in [0, 0.05) is 6.42 Å². The minimum absolute atomic E-state index is 0.225. The predicted octanol–water partition coefficient (Wildman–Crippen LogP) is 10.3. The van der Waals surface area contributed by atoms with E-state index in [-0.39, 0.29) is 18.8 Å². The maximum Gasteiger partial charge on any atom is 0.385 e. The number of hydrogen-bond donors (Lipinski definition) is 0. The van der Waals surface area contributed by atoms with Gasteiger partial charge in [-0.25, -0.2) is 8.78 Å². The topological polar surface area (TPSA) is 26.3 Å². The minimum atomic E-state index is -9.07. The maximum absolute atomic E-state index is 14.0. The Balaban J connectivity index is 3.20. The monoisotopic (exact) mass is 726 g/mol. The highest BCUT2D eigenvalue weighted by Gasteiger charge is 2.96. The van der Waals surface area contributed by atoms with Crippen LogP contribution in [0, 0.1) is 11.8 Å². The molecule has 22 heteroatoms. The molecule has 0 radical (unpaired) electrons. The molecule has 0 aliphatic heterocycles. The van der Waals surface area contributed by atoms with Gasteiger partial charge in [-0.05, 0) is 24.7 Å². The molecule has 0 saturated heterocycles. The fourth-order valence-corrected chi connectivity index (χ4v) is 4.53. The summed E-state index contributed by atoms with van der Waals surface area (Å²) in [6.07, 6.45) is -1.77. The van der Waals surface area contributed by atoms with Gasteiger partial charge in [-0.15, -0.1) is 0 Å². The van der Waals surface area contributed by atoms with Crippen molar-refractivity contribution in [3.05, 3.63) is 0 Å². The third kappa shape index (κ3) is 6.95. The van der Waals surface area contributed by atoms with E-state index in [0.29, 0.717) is 12.8 Å². The van der Waals surface area contributed by atoms with Crippen LogP contribution >= 0.6 is 0 Å². The van der Waals surface area contributed by atoms with Gasteiger partial charge in [-0.1, -0.05) is 45.4 Å². The van der Waals surface area contributed by atoms with E-state index < -0.39 is 84.6 Å². The summed E-state index contributed by atoms with van der Waals surface area (Å²) in [7, 11) is 0. The van der Waals surface area contributed by atoms with Gasteiger partial charge in [0.1, 0.15) is 0 Å². The normalized spacial score (nSPS) is 20.3. The molecule has 0 N–H and O–H groups in total. The fourth-order valence-electron chi connectivity index (χ4n) is 4.53. The zero-order valence-electron chi connectivity index (χ0n) is 23.2. The van der Waals surface area contributed by atoms with Crippen molar-refractivity contribution in [2.24, 2.45) is 11.8 Å². The van der Waals surface area contributed by atoms with E-state index in [9.17, 15) is 92.6 Å². The van der Waals surface area contributed by atoms with Crippen LogP contribution in [0.15, 0.2) is 0 Å². The molecule has 0 aromatic heterocycles. The van der Waals surface area contributed by atoms with Gasteiger partial charge in [-0.3, -0.25) is 4.79 Å². The van der Waals surface area contributed by atoms with Crippen molar-refractivity contribution >= 4 is 5.97 Å². The summed E-state index contributed by atoms with van der Waals surface area (Å²) in [5, 5.41) is 0. The van der Waals surface area contributed by atoms with E-state index in [1.807, 2.05) is 6.92 Å². The molecule has 0 atom stereocenters. The highest BCUT2D eigenvalue weighted by molar-refractivity contribution is 5.69. The Morgan fingerprint density at radius 2 is 0.957 bits per heavy atom. The van der Waals surface area contributed by atoms with E-state index in [1.165, 1.54) is 0 Å². The number of carbonyl (C=O) groups is 1. The van der Waals surface area contributed by atoms with E-state index in [2.05, 4.69) is 4.74 Å². The van der Waals surface area contributed by atoms with E-state index in [1.54, 1.807) is 0 Å². The van der Waals surface area contributed by atoms with Gasteiger partial charge < -0.3 is 4.74 Å². The summed E-state index contributed by atoms with van der Waals surface area (Å²) in [4.78, 5) is 11.8. The van der Waals surface area contributed by atoms with Gasteiger partial charge in [0.2, 0.25) is 0 Å². The average Bonchev–Trinajstić information content (AvgIpc) is 2.92. The summed E-state index contributed by atoms with van der Waals surface area (Å²) in [6.45, 7) is -1.37. The van der Waals surface area contributed by atoms with Crippen LogP contribution < -0.4 is 0 Å². The van der Waals surface area contributed by atoms with Crippen molar-refractivity contribution in [3.63, 3.8) is 0 Å². The number of unbranched alkanes of at least 4 members (excludes halogenated alkanes) is 2. The molecule has 0 aromatic rings. The molecular formula is C24H26F20O2. The number of rotatable bonds is 17. The first kappa shape index (κ1) is 42.1. The fraction of sp³-hybridized carbons (Fsp3) is 0.958. The number of esters is 1. The second-order valence-electron chi connectivity index (χ2n) is 10.9. The second kappa shape index (κ2) is 13.5. The Kier molecular flexibility index (Phi) is 12.4. The van der Waals surface area contributed by atoms with Crippen LogP contribution in [-0.2, 0) is 9.53 Å². The van der Waals surface area contributed by atoms with Crippen LogP contribution in [0.4, 0.5) is 87.8 Å². The van der Waals surface area contributed by atoms with Crippen LogP contribution in [0.1, 0.15) is 64.7 Å². The first-order chi connectivity index (χ1) is 20.3. The number of ether oxygens (including phenoxy) is 1. The smallest absolute Gasteiger partial charge is 0.385 e. The molecular weight excluding hydrogens is 700 g/mol. The molecule has 1 aliphatic carbocycles. The standard InChI is InChI=1S/C24H26F20O2/c1-2-3-4-5-12-6-8-13(9-7-12)10-14(45)46-11-16(27,28)18(31,32)20(35,36)22(39,40)24(43,44)23(41,42)21(37,38)19(33,34)17(29,30)15(25)26/h12-13,15H,2-11H2,1H3. The molecule has 0 spiro atoms. The molecule has 0 aromatic carbocycles. The van der Waals surface area contributed by atoms with Crippen LogP contribution in [0.2, 0.25) is 0 Å². The molecule has 0 heterocycles. The van der Waals surface area contributed by atoms with Gasteiger partial charge in [0.05, 0.1) is 0 Å². The van der Waals surface area contributed by atoms with Crippen LogP contribution in [0.5, 0.6) is 0 Å². The number of hydrogen-bond acceptors (Lipinski definition) is 2. The summed E-state index contributed by atoms with van der Waals surface area (Å²) in [6, 6.07) is 0. The maximum atomic E-state index is 14.0. The van der Waals surface area contributed by atoms with Gasteiger partial charge in [-0.2, -0.15) is 79.0 Å². The van der Waals surface area contributed by atoms with E-state index in [0.717, 1.165) is 25.7 Å². The molecule has 1 rings (SSSR count). The van der Waals surface area contributed by atoms with Crippen LogP contribution in [0.3, 0.4) is 0 Å². The molecule has 1 fully saturated rings. The zero-order valence-corrected chi connectivity index (χ0v) is 23.2. The lowest BCUT2D eigenvalue weighted by Crippen LogP contribution is -2.76. The first-order valence-corrected chi connectivity index (χ1v) is 13.2. The van der Waals surface area contributed by atoms with E-state index >= 15 is 0 Å². The summed E-state index contributed by atoms with van der Waals surface area (Å²) in [5.74, 6) is -77.9. The Labute approximate surface area is 247 Å². The zero-order chi connectivity index (χ0) is 36.6. The second-order valence-corrected chi connectivity index (χ2v) is 10.9. The van der Waals surface area contributed by atoms with Crippen molar-refractivity contribution in [1.82, 2.24) is 0 Å². The van der Waals surface area contributed by atoms with Crippen molar-refractivity contribution in [3.8, 4) is 0 Å². The Morgan fingerprint density at radius 1 is 0.587 bits per heavy atom. The number of carbonyl (C=O) groups excluding carboxylic acids is 1. The third-order valence-electron chi connectivity index (χ3n) is 7.57. The van der Waals surface area contributed by atoms with Crippen molar-refractivity contribution in [2.75, 3.05) is 6.61 Å². The van der Waals surface area contributed by atoms with Gasteiger partial charge >= 0.3 is 65.7 Å². The number of alkyl halides is 20.